The molecule has 8 heteroatoms. The lowest BCUT2D eigenvalue weighted by molar-refractivity contribution is 0.177. The Morgan fingerprint density at radius 3 is 2.35 bits per heavy atom. The zero-order valence-electron chi connectivity index (χ0n) is 9.38. The Bertz CT molecular complexity index is 497. The summed E-state index contributed by atoms with van der Waals surface area (Å²) in [7, 11) is -1.59. The van der Waals surface area contributed by atoms with E-state index in [0.29, 0.717) is 11.4 Å². The van der Waals surface area contributed by atoms with E-state index in [1.807, 2.05) is 0 Å². The number of hydrogen-bond donors (Lipinski definition) is 2. The summed E-state index contributed by atoms with van der Waals surface area (Å²) in [4.78, 5) is 10.9. The van der Waals surface area contributed by atoms with Crippen molar-refractivity contribution in [2.75, 3.05) is 24.2 Å². The summed E-state index contributed by atoms with van der Waals surface area (Å²) >= 11 is 0. The van der Waals surface area contributed by atoms with Gasteiger partial charge in [-0.3, -0.25) is 4.31 Å². The molecule has 1 aromatic carbocycles. The molecular formula is C9H13N3O4S. The van der Waals surface area contributed by atoms with E-state index in [1.54, 1.807) is 16.9 Å². The van der Waals surface area contributed by atoms with E-state index in [9.17, 15) is 13.2 Å². The molecule has 0 unspecified atom stereocenters. The van der Waals surface area contributed by atoms with Crippen LogP contribution in [0, 0.1) is 0 Å². The minimum Gasteiger partial charge on any atom is -0.452 e. The first-order valence-electron chi connectivity index (χ1n) is 4.57. The molecule has 0 radical (unpaired) electrons. The molecule has 0 fully saturated rings. The van der Waals surface area contributed by atoms with Gasteiger partial charge >= 0.3 is 16.3 Å². The number of carbonyl (C=O) groups is 1. The number of rotatable bonds is 3. The van der Waals surface area contributed by atoms with E-state index in [1.165, 1.54) is 19.2 Å². The Kier molecular flexibility index (Phi) is 3.79. The molecule has 94 valence electrons. The van der Waals surface area contributed by atoms with Crippen LogP contribution in [0.4, 0.5) is 16.2 Å². The van der Waals surface area contributed by atoms with E-state index in [-0.39, 0.29) is 0 Å². The van der Waals surface area contributed by atoms with Crippen molar-refractivity contribution in [3.8, 4) is 0 Å². The van der Waals surface area contributed by atoms with Gasteiger partial charge in [-0.25, -0.2) is 9.52 Å². The minimum atomic E-state index is -3.97. The van der Waals surface area contributed by atoms with Gasteiger partial charge in [0.2, 0.25) is 0 Å². The number of hydrogen-bond acceptors (Lipinski definition) is 5. The van der Waals surface area contributed by atoms with Crippen molar-refractivity contribution in [1.82, 2.24) is 4.72 Å². The lowest BCUT2D eigenvalue weighted by atomic mass is 10.3. The van der Waals surface area contributed by atoms with Gasteiger partial charge in [0.15, 0.2) is 0 Å². The van der Waals surface area contributed by atoms with Crippen molar-refractivity contribution in [3.05, 3.63) is 24.3 Å². The molecule has 0 aliphatic rings. The van der Waals surface area contributed by atoms with Crippen molar-refractivity contribution in [2.24, 2.45) is 0 Å². The van der Waals surface area contributed by atoms with Crippen LogP contribution in [0.2, 0.25) is 0 Å². The third-order valence-electron chi connectivity index (χ3n) is 2.01. The Balaban J connectivity index is 2.92. The maximum atomic E-state index is 11.7. The molecule has 0 aliphatic heterocycles. The first kappa shape index (κ1) is 13.1. The highest BCUT2D eigenvalue weighted by Crippen LogP contribution is 2.16. The third-order valence-corrected chi connectivity index (χ3v) is 3.37. The van der Waals surface area contributed by atoms with Gasteiger partial charge in [0.05, 0.1) is 12.8 Å². The predicted molar refractivity (Wildman–Crippen MR) is 63.7 cm³/mol. The van der Waals surface area contributed by atoms with E-state index in [2.05, 4.69) is 4.74 Å². The Labute approximate surface area is 99.3 Å². The number of benzene rings is 1. The lowest BCUT2D eigenvalue weighted by Crippen LogP contribution is -2.41. The van der Waals surface area contributed by atoms with Gasteiger partial charge in [0.1, 0.15) is 0 Å². The van der Waals surface area contributed by atoms with Crippen LogP contribution in [-0.2, 0) is 14.9 Å². The molecule has 17 heavy (non-hydrogen) atoms. The second-order valence-corrected chi connectivity index (χ2v) is 4.86. The molecule has 0 bridgehead atoms. The van der Waals surface area contributed by atoms with E-state index >= 15 is 0 Å². The van der Waals surface area contributed by atoms with Crippen LogP contribution in [0.15, 0.2) is 24.3 Å². The van der Waals surface area contributed by atoms with Crippen molar-refractivity contribution >= 4 is 27.7 Å². The molecule has 0 aliphatic carbocycles. The molecule has 1 rings (SSSR count). The first-order valence-corrected chi connectivity index (χ1v) is 6.01. The molecule has 0 spiro atoms. The molecule has 0 saturated heterocycles. The molecule has 1 aromatic rings. The molecular weight excluding hydrogens is 246 g/mol. The fourth-order valence-corrected chi connectivity index (χ4v) is 1.87. The number of ether oxygens (including phenoxy) is 1. The maximum absolute atomic E-state index is 11.7. The molecule has 3 N–H and O–H groups in total. The summed E-state index contributed by atoms with van der Waals surface area (Å²) in [5.74, 6) is 0. The van der Waals surface area contributed by atoms with E-state index < -0.39 is 16.3 Å². The van der Waals surface area contributed by atoms with Crippen molar-refractivity contribution in [3.63, 3.8) is 0 Å². The standard InChI is InChI=1S/C9H13N3O4S/c1-12(8-5-3-7(10)4-6-8)17(14,15)11-9(13)16-2/h3-6H,10H2,1-2H3,(H,11,13). The van der Waals surface area contributed by atoms with E-state index in [0.717, 1.165) is 11.4 Å². The minimum absolute atomic E-state index is 0.371. The van der Waals surface area contributed by atoms with Crippen LogP contribution >= 0.6 is 0 Å². The fourth-order valence-electron chi connectivity index (χ4n) is 1.04. The predicted octanol–water partition coefficient (Wildman–Crippen LogP) is 0.306. The van der Waals surface area contributed by atoms with Crippen LogP contribution in [-0.4, -0.2) is 28.7 Å². The summed E-state index contributed by atoms with van der Waals surface area (Å²) in [5, 5.41) is 0. The average Bonchev–Trinajstić information content (AvgIpc) is 2.28. The third kappa shape index (κ3) is 3.25. The largest absolute Gasteiger partial charge is 0.452 e. The molecule has 0 atom stereocenters. The second-order valence-electron chi connectivity index (χ2n) is 3.16. The van der Waals surface area contributed by atoms with Gasteiger partial charge in [-0.2, -0.15) is 8.42 Å². The smallest absolute Gasteiger partial charge is 0.422 e. The van der Waals surface area contributed by atoms with Gasteiger partial charge in [0.25, 0.3) is 0 Å². The average molecular weight is 259 g/mol. The van der Waals surface area contributed by atoms with Crippen LogP contribution in [0.1, 0.15) is 0 Å². The van der Waals surface area contributed by atoms with Gasteiger partial charge < -0.3 is 10.5 Å². The van der Waals surface area contributed by atoms with Crippen molar-refractivity contribution in [2.45, 2.75) is 0 Å². The quantitative estimate of drug-likeness (QED) is 0.760. The normalized spacial score (nSPS) is 10.7. The summed E-state index contributed by atoms with van der Waals surface area (Å²) in [6, 6.07) is 6.15. The molecule has 7 nitrogen and oxygen atoms in total. The topological polar surface area (TPSA) is 102 Å². The molecule has 0 aromatic heterocycles. The SMILES string of the molecule is COC(=O)NS(=O)(=O)N(C)c1ccc(N)cc1. The van der Waals surface area contributed by atoms with Crippen LogP contribution in [0.5, 0.6) is 0 Å². The van der Waals surface area contributed by atoms with Gasteiger partial charge in [-0.05, 0) is 24.3 Å². The number of anilines is 2. The summed E-state index contributed by atoms with van der Waals surface area (Å²) in [6.45, 7) is 0. The molecule has 0 heterocycles. The summed E-state index contributed by atoms with van der Waals surface area (Å²) < 4.78 is 30.2. The van der Waals surface area contributed by atoms with E-state index in [4.69, 9.17) is 5.73 Å². The number of nitrogens with zero attached hydrogens (tertiary/aromatic N) is 1. The lowest BCUT2D eigenvalue weighted by Gasteiger charge is -2.19. The zero-order valence-corrected chi connectivity index (χ0v) is 10.2. The Morgan fingerprint density at radius 1 is 1.35 bits per heavy atom. The van der Waals surface area contributed by atoms with Crippen LogP contribution in [0.25, 0.3) is 0 Å². The summed E-state index contributed by atoms with van der Waals surface area (Å²) in [6.07, 6.45) is -1.05. The number of amides is 1. The zero-order chi connectivity index (χ0) is 13.1. The van der Waals surface area contributed by atoms with Gasteiger partial charge in [0, 0.05) is 12.7 Å². The Hall–Kier alpha value is -1.96. The van der Waals surface area contributed by atoms with Crippen molar-refractivity contribution < 1.29 is 17.9 Å². The summed E-state index contributed by atoms with van der Waals surface area (Å²) in [5.41, 5.74) is 6.37. The number of carbonyl (C=O) groups excluding carboxylic acids is 1. The van der Waals surface area contributed by atoms with Gasteiger partial charge in [-0.1, -0.05) is 0 Å². The highest BCUT2D eigenvalue weighted by Gasteiger charge is 2.21. The number of nitrogens with one attached hydrogen (secondary N) is 1. The first-order chi connectivity index (χ1) is 7.86. The Morgan fingerprint density at radius 2 is 1.88 bits per heavy atom. The van der Waals surface area contributed by atoms with Crippen molar-refractivity contribution in [1.29, 1.82) is 0 Å². The van der Waals surface area contributed by atoms with Crippen LogP contribution in [0.3, 0.4) is 0 Å². The number of methoxy groups -OCH3 is 1. The molecule has 0 saturated carbocycles. The van der Waals surface area contributed by atoms with Crippen LogP contribution < -0.4 is 14.8 Å². The number of nitrogen functional groups attached to an aromatic ring is 1. The monoisotopic (exact) mass is 259 g/mol. The van der Waals surface area contributed by atoms with Gasteiger partial charge in [-0.15, -0.1) is 0 Å². The molecule has 1 amide bonds. The highest BCUT2D eigenvalue weighted by molar-refractivity contribution is 7.91. The maximum Gasteiger partial charge on any atom is 0.422 e. The number of nitrogens with two attached hydrogens (primary N) is 1. The highest BCUT2D eigenvalue weighted by atomic mass is 32.2. The fraction of sp³-hybridized carbons (Fsp3) is 0.222. The second kappa shape index (κ2) is 4.91.